The molecule has 3 saturated heterocycles. The monoisotopic (exact) mass is 263 g/mol. The van der Waals surface area contributed by atoms with E-state index in [1.54, 1.807) is 19.5 Å². The van der Waals surface area contributed by atoms with E-state index in [0.717, 1.165) is 25.3 Å². The van der Waals surface area contributed by atoms with Crippen molar-refractivity contribution in [2.75, 3.05) is 46.9 Å². The van der Waals surface area contributed by atoms with Crippen LogP contribution in [0.1, 0.15) is 11.7 Å². The van der Waals surface area contributed by atoms with Gasteiger partial charge in [0.15, 0.2) is 0 Å². The molecule has 1 N–H and O–H groups in total. The molecule has 104 valence electrons. The Morgan fingerprint density at radius 2 is 2.00 bits per heavy atom. The maximum atomic E-state index is 5.35. The first-order valence-corrected chi connectivity index (χ1v) is 6.82. The molecule has 0 amide bonds. The summed E-state index contributed by atoms with van der Waals surface area (Å²) in [5, 5.41) is 3.40. The van der Waals surface area contributed by atoms with Gasteiger partial charge in [-0.1, -0.05) is 0 Å². The lowest BCUT2D eigenvalue weighted by Gasteiger charge is -2.49. The molecule has 3 aliphatic heterocycles. The van der Waals surface area contributed by atoms with Crippen LogP contribution in [0.25, 0.3) is 0 Å². The van der Waals surface area contributed by atoms with Crippen molar-refractivity contribution in [1.82, 2.24) is 25.1 Å². The Morgan fingerprint density at radius 1 is 1.26 bits per heavy atom. The smallest absolute Gasteiger partial charge is 0.237 e. The van der Waals surface area contributed by atoms with Crippen molar-refractivity contribution in [3.8, 4) is 5.88 Å². The minimum atomic E-state index is 0.159. The Hall–Kier alpha value is -1.24. The van der Waals surface area contributed by atoms with Gasteiger partial charge in [-0.2, -0.15) is 0 Å². The van der Waals surface area contributed by atoms with E-state index in [1.165, 1.54) is 13.1 Å². The van der Waals surface area contributed by atoms with E-state index in [4.69, 9.17) is 4.74 Å². The molecule has 19 heavy (non-hydrogen) atoms. The number of hydrogen-bond acceptors (Lipinski definition) is 6. The molecule has 0 spiro atoms. The number of hydrogen-bond donors (Lipinski definition) is 1. The summed E-state index contributed by atoms with van der Waals surface area (Å²) in [6.45, 7) is 5.75. The quantitative estimate of drug-likeness (QED) is 0.808. The molecule has 2 bridgehead atoms. The van der Waals surface area contributed by atoms with Crippen molar-refractivity contribution < 1.29 is 4.74 Å². The lowest BCUT2D eigenvalue weighted by Crippen LogP contribution is -2.63. The first-order valence-electron chi connectivity index (χ1n) is 6.82. The third-order valence-corrected chi connectivity index (χ3v) is 4.20. The fraction of sp³-hybridized carbons (Fsp3) is 0.692. The maximum Gasteiger partial charge on any atom is 0.237 e. The normalized spacial score (nSPS) is 31.2. The lowest BCUT2D eigenvalue weighted by atomic mass is 9.97. The summed E-state index contributed by atoms with van der Waals surface area (Å²) in [7, 11) is 3.63. The number of rotatable bonds is 4. The molecule has 3 fully saturated rings. The summed E-state index contributed by atoms with van der Waals surface area (Å²) >= 11 is 0. The predicted octanol–water partition coefficient (Wildman–Crippen LogP) is -0.254. The Labute approximate surface area is 113 Å². The zero-order chi connectivity index (χ0) is 13.2. The van der Waals surface area contributed by atoms with E-state index in [2.05, 4.69) is 25.1 Å². The number of likely N-dealkylation sites (N-methyl/N-ethyl adjacent to an activating group) is 1. The summed E-state index contributed by atoms with van der Waals surface area (Å²) in [6, 6.07) is 0.602. The van der Waals surface area contributed by atoms with Crippen LogP contribution in [-0.4, -0.2) is 72.7 Å². The van der Waals surface area contributed by atoms with E-state index < -0.39 is 0 Å². The molecular weight excluding hydrogens is 242 g/mol. The SMILES string of the molecule is CNC(c1nccnc1OC)C1CN2CCN1CC2. The van der Waals surface area contributed by atoms with Gasteiger partial charge in [0.25, 0.3) is 0 Å². The van der Waals surface area contributed by atoms with Crippen LogP contribution in [-0.2, 0) is 0 Å². The first kappa shape index (κ1) is 12.8. The Morgan fingerprint density at radius 3 is 2.58 bits per heavy atom. The Kier molecular flexibility index (Phi) is 3.63. The zero-order valence-corrected chi connectivity index (χ0v) is 11.5. The van der Waals surface area contributed by atoms with Crippen LogP contribution in [0.2, 0.25) is 0 Å². The van der Waals surface area contributed by atoms with Crippen LogP contribution in [0.15, 0.2) is 12.4 Å². The van der Waals surface area contributed by atoms with E-state index in [0.29, 0.717) is 11.9 Å². The fourth-order valence-electron chi connectivity index (χ4n) is 3.19. The summed E-state index contributed by atoms with van der Waals surface area (Å²) < 4.78 is 5.35. The topological polar surface area (TPSA) is 53.5 Å². The van der Waals surface area contributed by atoms with Crippen LogP contribution < -0.4 is 10.1 Å². The van der Waals surface area contributed by atoms with Gasteiger partial charge < -0.3 is 10.1 Å². The maximum absolute atomic E-state index is 5.35. The molecule has 0 saturated carbocycles. The second kappa shape index (κ2) is 5.40. The molecule has 4 rings (SSSR count). The van der Waals surface area contributed by atoms with Crippen molar-refractivity contribution in [3.63, 3.8) is 0 Å². The number of methoxy groups -OCH3 is 1. The Bertz CT molecular complexity index is 433. The molecule has 4 heterocycles. The number of nitrogens with zero attached hydrogens (tertiary/aromatic N) is 4. The second-order valence-corrected chi connectivity index (χ2v) is 5.12. The van der Waals surface area contributed by atoms with E-state index in [1.807, 2.05) is 7.05 Å². The molecule has 6 nitrogen and oxygen atoms in total. The minimum absolute atomic E-state index is 0.159. The van der Waals surface area contributed by atoms with Crippen LogP contribution >= 0.6 is 0 Å². The standard InChI is InChI=1S/C13H21N5O/c1-14-11(12-13(19-2)16-4-3-15-12)10-9-17-5-7-18(10)8-6-17/h3-4,10-11,14H,5-9H2,1-2H3. The van der Waals surface area contributed by atoms with E-state index in [9.17, 15) is 0 Å². The predicted molar refractivity (Wildman–Crippen MR) is 72.2 cm³/mol. The average molecular weight is 263 g/mol. The summed E-state index contributed by atoms with van der Waals surface area (Å²) in [4.78, 5) is 13.8. The van der Waals surface area contributed by atoms with Crippen LogP contribution in [0.3, 0.4) is 0 Å². The van der Waals surface area contributed by atoms with Gasteiger partial charge in [-0.3, -0.25) is 14.8 Å². The average Bonchev–Trinajstić information content (AvgIpc) is 2.50. The van der Waals surface area contributed by atoms with Gasteiger partial charge >= 0.3 is 0 Å². The van der Waals surface area contributed by atoms with E-state index in [-0.39, 0.29) is 6.04 Å². The van der Waals surface area contributed by atoms with Crippen LogP contribution in [0.4, 0.5) is 0 Å². The molecule has 0 aromatic carbocycles. The number of piperazine rings is 3. The second-order valence-electron chi connectivity index (χ2n) is 5.12. The van der Waals surface area contributed by atoms with Crippen molar-refractivity contribution >= 4 is 0 Å². The number of ether oxygens (including phenoxy) is 1. The number of nitrogens with one attached hydrogen (secondary N) is 1. The summed E-state index contributed by atoms with van der Waals surface area (Å²) in [6.07, 6.45) is 3.41. The largest absolute Gasteiger partial charge is 0.480 e. The molecule has 2 unspecified atom stereocenters. The number of fused-ring (bicyclic) bond motifs is 3. The van der Waals surface area contributed by atoms with Crippen molar-refractivity contribution in [3.05, 3.63) is 18.1 Å². The first-order chi connectivity index (χ1) is 9.33. The highest BCUT2D eigenvalue weighted by atomic mass is 16.5. The van der Waals surface area contributed by atoms with Crippen molar-refractivity contribution in [2.45, 2.75) is 12.1 Å². The van der Waals surface area contributed by atoms with Crippen LogP contribution in [0.5, 0.6) is 5.88 Å². The van der Waals surface area contributed by atoms with Gasteiger partial charge in [-0.15, -0.1) is 0 Å². The fourth-order valence-corrected chi connectivity index (χ4v) is 3.19. The zero-order valence-electron chi connectivity index (χ0n) is 11.5. The van der Waals surface area contributed by atoms with E-state index >= 15 is 0 Å². The molecule has 0 radical (unpaired) electrons. The third-order valence-electron chi connectivity index (χ3n) is 4.20. The molecular formula is C13H21N5O. The molecule has 3 aliphatic rings. The molecule has 1 aromatic heterocycles. The molecule has 6 heteroatoms. The Balaban J connectivity index is 1.88. The highest BCUT2D eigenvalue weighted by Gasteiger charge is 2.38. The lowest BCUT2D eigenvalue weighted by molar-refractivity contribution is -0.00359. The highest BCUT2D eigenvalue weighted by Crippen LogP contribution is 2.29. The molecule has 2 atom stereocenters. The van der Waals surface area contributed by atoms with Gasteiger partial charge in [0, 0.05) is 51.2 Å². The van der Waals surface area contributed by atoms with Crippen molar-refractivity contribution in [1.29, 1.82) is 0 Å². The summed E-state index contributed by atoms with van der Waals surface area (Å²) in [5.41, 5.74) is 0.909. The van der Waals surface area contributed by atoms with Gasteiger partial charge in [-0.05, 0) is 7.05 Å². The van der Waals surface area contributed by atoms with Gasteiger partial charge in [-0.25, -0.2) is 4.98 Å². The molecule has 0 aliphatic carbocycles. The third kappa shape index (κ3) is 2.31. The number of aromatic nitrogens is 2. The highest BCUT2D eigenvalue weighted by molar-refractivity contribution is 5.23. The minimum Gasteiger partial charge on any atom is -0.480 e. The van der Waals surface area contributed by atoms with Gasteiger partial charge in [0.05, 0.1) is 13.2 Å². The van der Waals surface area contributed by atoms with Crippen molar-refractivity contribution in [2.24, 2.45) is 0 Å². The van der Waals surface area contributed by atoms with Gasteiger partial charge in [0.1, 0.15) is 5.69 Å². The molecule has 1 aromatic rings. The summed E-state index contributed by atoms with van der Waals surface area (Å²) in [5.74, 6) is 0.625. The van der Waals surface area contributed by atoms with Crippen LogP contribution in [0, 0.1) is 0 Å². The van der Waals surface area contributed by atoms with Gasteiger partial charge in [0.2, 0.25) is 5.88 Å².